The molecule has 2 rings (SSSR count). The van der Waals surface area contributed by atoms with Crippen molar-refractivity contribution in [2.24, 2.45) is 0 Å². The largest absolute Gasteiger partial charge is 0.310 e. The van der Waals surface area contributed by atoms with Gasteiger partial charge in [0.15, 0.2) is 0 Å². The summed E-state index contributed by atoms with van der Waals surface area (Å²) in [6.07, 6.45) is 2.02. The first-order chi connectivity index (χ1) is 7.84. The van der Waals surface area contributed by atoms with Crippen LogP contribution in [-0.4, -0.2) is 10.9 Å². The fourth-order valence-electron chi connectivity index (χ4n) is 1.40. The number of hydrogen-bond acceptors (Lipinski definition) is 2. The van der Waals surface area contributed by atoms with Gasteiger partial charge in [-0.15, -0.1) is 0 Å². The molecule has 3 nitrogen and oxygen atoms in total. The maximum Gasteiger partial charge on any atom is 0.229 e. The lowest BCUT2D eigenvalue weighted by Crippen LogP contribution is -2.14. The van der Waals surface area contributed by atoms with Gasteiger partial charge in [0.05, 0.1) is 6.42 Å². The van der Waals surface area contributed by atoms with Crippen molar-refractivity contribution in [2.75, 3.05) is 5.32 Å². The summed E-state index contributed by atoms with van der Waals surface area (Å²) in [6, 6.07) is 15.0. The highest BCUT2D eigenvalue weighted by molar-refractivity contribution is 5.91. The van der Waals surface area contributed by atoms with Crippen LogP contribution in [0, 0.1) is 0 Å². The lowest BCUT2D eigenvalue weighted by molar-refractivity contribution is -0.115. The molecule has 80 valence electrons. The van der Waals surface area contributed by atoms with Gasteiger partial charge in [0.1, 0.15) is 5.82 Å². The van der Waals surface area contributed by atoms with Crippen LogP contribution in [0.1, 0.15) is 5.56 Å². The molecule has 0 spiro atoms. The van der Waals surface area contributed by atoms with Crippen molar-refractivity contribution < 1.29 is 4.79 Å². The fourth-order valence-corrected chi connectivity index (χ4v) is 1.40. The maximum absolute atomic E-state index is 11.6. The molecule has 1 heterocycles. The Hall–Kier alpha value is -2.16. The SMILES string of the molecule is O=C(Cc1ccccc1)Nc1ccccn1. The van der Waals surface area contributed by atoms with Crippen LogP contribution in [0.25, 0.3) is 0 Å². The second kappa shape index (κ2) is 5.07. The number of nitrogens with zero attached hydrogens (tertiary/aromatic N) is 1. The zero-order valence-electron chi connectivity index (χ0n) is 8.76. The smallest absolute Gasteiger partial charge is 0.229 e. The van der Waals surface area contributed by atoms with E-state index in [-0.39, 0.29) is 5.91 Å². The highest BCUT2D eigenvalue weighted by Gasteiger charge is 2.03. The van der Waals surface area contributed by atoms with Gasteiger partial charge in [-0.1, -0.05) is 36.4 Å². The zero-order valence-corrected chi connectivity index (χ0v) is 8.76. The van der Waals surface area contributed by atoms with E-state index in [0.29, 0.717) is 12.2 Å². The van der Waals surface area contributed by atoms with Crippen molar-refractivity contribution in [3.63, 3.8) is 0 Å². The van der Waals surface area contributed by atoms with Gasteiger partial charge >= 0.3 is 0 Å². The molecule has 0 radical (unpaired) electrons. The number of aromatic nitrogens is 1. The molecule has 0 atom stereocenters. The Morgan fingerprint density at radius 3 is 2.50 bits per heavy atom. The second-order valence-electron chi connectivity index (χ2n) is 3.43. The Labute approximate surface area is 94.1 Å². The third kappa shape index (κ3) is 2.92. The highest BCUT2D eigenvalue weighted by Crippen LogP contribution is 2.03. The molecule has 0 fully saturated rings. The Kier molecular flexibility index (Phi) is 3.28. The van der Waals surface area contributed by atoms with Crippen LogP contribution in [0.2, 0.25) is 0 Å². The molecule has 1 amide bonds. The van der Waals surface area contributed by atoms with Crippen molar-refractivity contribution in [1.29, 1.82) is 0 Å². The van der Waals surface area contributed by atoms with Gasteiger partial charge in [-0.2, -0.15) is 0 Å². The predicted octanol–water partition coefficient (Wildman–Crippen LogP) is 2.26. The van der Waals surface area contributed by atoms with E-state index in [1.807, 2.05) is 42.5 Å². The van der Waals surface area contributed by atoms with Crippen molar-refractivity contribution in [3.05, 3.63) is 60.3 Å². The summed E-state index contributed by atoms with van der Waals surface area (Å²) in [4.78, 5) is 15.7. The monoisotopic (exact) mass is 212 g/mol. The molecule has 0 unspecified atom stereocenters. The Morgan fingerprint density at radius 2 is 1.81 bits per heavy atom. The van der Waals surface area contributed by atoms with Crippen molar-refractivity contribution in [2.45, 2.75) is 6.42 Å². The Bertz CT molecular complexity index is 410. The maximum atomic E-state index is 11.6. The number of amides is 1. The summed E-state index contributed by atoms with van der Waals surface area (Å²) in [5.41, 5.74) is 0.996. The highest BCUT2D eigenvalue weighted by atomic mass is 16.1. The van der Waals surface area contributed by atoms with Crippen LogP contribution in [-0.2, 0) is 11.2 Å². The first-order valence-corrected chi connectivity index (χ1v) is 5.09. The summed E-state index contributed by atoms with van der Waals surface area (Å²) in [5.74, 6) is 0.535. The van der Waals surface area contributed by atoms with E-state index in [2.05, 4.69) is 10.3 Å². The zero-order chi connectivity index (χ0) is 11.2. The standard InChI is InChI=1S/C13H12N2O/c16-13(10-11-6-2-1-3-7-11)15-12-8-4-5-9-14-12/h1-9H,10H2,(H,14,15,16). The summed E-state index contributed by atoms with van der Waals surface area (Å²) in [7, 11) is 0. The molecular formula is C13H12N2O. The molecule has 1 aromatic heterocycles. The van der Waals surface area contributed by atoms with E-state index in [4.69, 9.17) is 0 Å². The average molecular weight is 212 g/mol. The number of benzene rings is 1. The number of hydrogen-bond donors (Lipinski definition) is 1. The van der Waals surface area contributed by atoms with E-state index < -0.39 is 0 Å². The fraction of sp³-hybridized carbons (Fsp3) is 0.0769. The molecule has 0 saturated heterocycles. The van der Waals surface area contributed by atoms with Crippen LogP contribution in [0.4, 0.5) is 5.82 Å². The number of pyridine rings is 1. The van der Waals surface area contributed by atoms with Crippen LogP contribution in [0.15, 0.2) is 54.7 Å². The van der Waals surface area contributed by atoms with Crippen LogP contribution in [0.3, 0.4) is 0 Å². The van der Waals surface area contributed by atoms with E-state index in [1.165, 1.54) is 0 Å². The number of nitrogens with one attached hydrogen (secondary N) is 1. The third-order valence-electron chi connectivity index (χ3n) is 2.14. The van der Waals surface area contributed by atoms with Gasteiger partial charge in [-0.3, -0.25) is 4.79 Å². The minimum absolute atomic E-state index is 0.0510. The minimum Gasteiger partial charge on any atom is -0.310 e. The van der Waals surface area contributed by atoms with Crippen molar-refractivity contribution in [1.82, 2.24) is 4.98 Å². The molecule has 16 heavy (non-hydrogen) atoms. The normalized spacial score (nSPS) is 9.75. The summed E-state index contributed by atoms with van der Waals surface area (Å²) in [5, 5.41) is 2.74. The molecular weight excluding hydrogens is 200 g/mol. The van der Waals surface area contributed by atoms with Crippen molar-refractivity contribution >= 4 is 11.7 Å². The van der Waals surface area contributed by atoms with Gasteiger partial charge < -0.3 is 5.32 Å². The molecule has 1 N–H and O–H groups in total. The quantitative estimate of drug-likeness (QED) is 0.848. The van der Waals surface area contributed by atoms with Gasteiger partial charge in [-0.25, -0.2) is 4.98 Å². The molecule has 0 aliphatic carbocycles. The molecule has 0 bridgehead atoms. The van der Waals surface area contributed by atoms with Gasteiger partial charge in [0.25, 0.3) is 0 Å². The predicted molar refractivity (Wildman–Crippen MR) is 63.0 cm³/mol. The average Bonchev–Trinajstić information content (AvgIpc) is 2.31. The first-order valence-electron chi connectivity index (χ1n) is 5.09. The lowest BCUT2D eigenvalue weighted by atomic mass is 10.1. The molecule has 0 saturated carbocycles. The molecule has 0 aliphatic heterocycles. The van der Waals surface area contributed by atoms with Gasteiger partial charge in [-0.05, 0) is 17.7 Å². The van der Waals surface area contributed by atoms with Crippen LogP contribution >= 0.6 is 0 Å². The van der Waals surface area contributed by atoms with Crippen molar-refractivity contribution in [3.8, 4) is 0 Å². The lowest BCUT2D eigenvalue weighted by Gasteiger charge is -2.03. The summed E-state index contributed by atoms with van der Waals surface area (Å²) < 4.78 is 0. The number of rotatable bonds is 3. The summed E-state index contributed by atoms with van der Waals surface area (Å²) in [6.45, 7) is 0. The molecule has 1 aromatic carbocycles. The van der Waals surface area contributed by atoms with Gasteiger partial charge in [0, 0.05) is 6.20 Å². The third-order valence-corrected chi connectivity index (χ3v) is 2.14. The number of carbonyl (C=O) groups excluding carboxylic acids is 1. The Balaban J connectivity index is 1.95. The summed E-state index contributed by atoms with van der Waals surface area (Å²) >= 11 is 0. The van der Waals surface area contributed by atoms with Crippen LogP contribution in [0.5, 0.6) is 0 Å². The van der Waals surface area contributed by atoms with Crippen LogP contribution < -0.4 is 5.32 Å². The topological polar surface area (TPSA) is 42.0 Å². The minimum atomic E-state index is -0.0510. The van der Waals surface area contributed by atoms with E-state index >= 15 is 0 Å². The molecule has 0 aliphatic rings. The first kappa shape index (κ1) is 10.4. The van der Waals surface area contributed by atoms with E-state index in [0.717, 1.165) is 5.56 Å². The van der Waals surface area contributed by atoms with E-state index in [1.54, 1.807) is 12.3 Å². The number of anilines is 1. The van der Waals surface area contributed by atoms with Gasteiger partial charge in [0.2, 0.25) is 5.91 Å². The molecule has 3 heteroatoms. The number of carbonyl (C=O) groups is 1. The molecule has 2 aromatic rings. The Morgan fingerprint density at radius 1 is 1.06 bits per heavy atom. The van der Waals surface area contributed by atoms with E-state index in [9.17, 15) is 4.79 Å². The second-order valence-corrected chi connectivity index (χ2v) is 3.43.